The average molecular weight is 348 g/mol. The van der Waals surface area contributed by atoms with Crippen LogP contribution in [0.1, 0.15) is 17.5 Å². The number of carbonyl (C=O) groups is 1. The fourth-order valence-electron chi connectivity index (χ4n) is 2.70. The van der Waals surface area contributed by atoms with Gasteiger partial charge in [-0.25, -0.2) is 17.5 Å². The maximum Gasteiger partial charge on any atom is 0.242 e. The summed E-state index contributed by atoms with van der Waals surface area (Å²) < 4.78 is 40.6. The molecule has 1 heterocycles. The Hall–Kier alpha value is -2.25. The van der Waals surface area contributed by atoms with Crippen molar-refractivity contribution in [1.29, 1.82) is 0 Å². The molecular weight excluding hydrogens is 331 g/mol. The summed E-state index contributed by atoms with van der Waals surface area (Å²) in [5.74, 6) is -1.49. The maximum atomic E-state index is 13.6. The summed E-state index contributed by atoms with van der Waals surface area (Å²) in [5, 5.41) is 2.73. The number of carbonyl (C=O) groups excluding carboxylic acids is 1. The van der Waals surface area contributed by atoms with Crippen molar-refractivity contribution in [3.63, 3.8) is 0 Å². The van der Waals surface area contributed by atoms with Gasteiger partial charge in [-0.3, -0.25) is 4.79 Å². The smallest absolute Gasteiger partial charge is 0.242 e. The predicted molar refractivity (Wildman–Crippen MR) is 89.3 cm³/mol. The SMILES string of the molecule is O=C1Nc2ccccc2CCC1NS(=O)(=O)Cc1ccccc1F. The van der Waals surface area contributed by atoms with E-state index in [4.69, 9.17) is 0 Å². The van der Waals surface area contributed by atoms with Gasteiger partial charge in [0, 0.05) is 11.3 Å². The number of hydrogen-bond acceptors (Lipinski definition) is 3. The second kappa shape index (κ2) is 6.70. The highest BCUT2D eigenvalue weighted by molar-refractivity contribution is 7.88. The van der Waals surface area contributed by atoms with Gasteiger partial charge in [0.05, 0.1) is 5.75 Å². The number of anilines is 1. The van der Waals surface area contributed by atoms with E-state index in [2.05, 4.69) is 10.0 Å². The molecule has 3 rings (SSSR count). The maximum absolute atomic E-state index is 13.6. The summed E-state index contributed by atoms with van der Waals surface area (Å²) in [6.45, 7) is 0. The molecule has 2 aromatic rings. The molecule has 2 N–H and O–H groups in total. The minimum absolute atomic E-state index is 0.0716. The molecule has 1 aliphatic heterocycles. The number of benzene rings is 2. The standard InChI is InChI=1S/C17H17FN2O3S/c18-14-7-3-1-6-13(14)11-24(22,23)20-16-10-9-12-5-2-4-8-15(12)19-17(16)21/h1-8,16,20H,9-11H2,(H,19,21). The molecule has 0 spiro atoms. The Kier molecular flexibility index (Phi) is 4.64. The van der Waals surface area contributed by atoms with Crippen LogP contribution in [0, 0.1) is 5.82 Å². The summed E-state index contributed by atoms with van der Waals surface area (Å²) in [4.78, 5) is 12.3. The van der Waals surface area contributed by atoms with Crippen molar-refractivity contribution in [1.82, 2.24) is 4.72 Å². The summed E-state index contributed by atoms with van der Waals surface area (Å²) in [5.41, 5.74) is 1.72. The number of aryl methyl sites for hydroxylation is 1. The van der Waals surface area contributed by atoms with Crippen LogP contribution in [0.2, 0.25) is 0 Å². The monoisotopic (exact) mass is 348 g/mol. The van der Waals surface area contributed by atoms with Crippen LogP contribution in [0.15, 0.2) is 48.5 Å². The number of hydrogen-bond donors (Lipinski definition) is 2. The number of fused-ring (bicyclic) bond motifs is 1. The van der Waals surface area contributed by atoms with Gasteiger partial charge in [-0.05, 0) is 30.5 Å². The molecule has 24 heavy (non-hydrogen) atoms. The third kappa shape index (κ3) is 3.80. The molecule has 0 saturated carbocycles. The van der Waals surface area contributed by atoms with Gasteiger partial charge >= 0.3 is 0 Å². The summed E-state index contributed by atoms with van der Waals surface area (Å²) in [6, 6.07) is 12.2. The lowest BCUT2D eigenvalue weighted by molar-refractivity contribution is -0.117. The summed E-state index contributed by atoms with van der Waals surface area (Å²) in [6.07, 6.45) is 0.918. The van der Waals surface area contributed by atoms with Crippen molar-refractivity contribution >= 4 is 21.6 Å². The third-order valence-electron chi connectivity index (χ3n) is 3.92. The van der Waals surface area contributed by atoms with Gasteiger partial charge in [0.1, 0.15) is 11.9 Å². The van der Waals surface area contributed by atoms with E-state index in [9.17, 15) is 17.6 Å². The predicted octanol–water partition coefficient (Wildman–Crippen LogP) is 2.20. The first-order chi connectivity index (χ1) is 11.4. The first-order valence-corrected chi connectivity index (χ1v) is 9.22. The van der Waals surface area contributed by atoms with Gasteiger partial charge in [-0.2, -0.15) is 0 Å². The Labute approximate surface area is 139 Å². The second-order valence-electron chi connectivity index (χ2n) is 5.71. The van der Waals surface area contributed by atoms with Crippen LogP contribution in [-0.2, 0) is 27.0 Å². The van der Waals surface area contributed by atoms with Crippen LogP contribution in [0.3, 0.4) is 0 Å². The highest BCUT2D eigenvalue weighted by Crippen LogP contribution is 2.22. The molecule has 0 aromatic heterocycles. The molecule has 0 bridgehead atoms. The Morgan fingerprint density at radius 2 is 1.83 bits per heavy atom. The minimum Gasteiger partial charge on any atom is -0.324 e. The van der Waals surface area contributed by atoms with Crippen molar-refractivity contribution < 1.29 is 17.6 Å². The first kappa shape index (κ1) is 16.6. The van der Waals surface area contributed by atoms with Gasteiger partial charge in [0.2, 0.25) is 15.9 Å². The molecule has 2 aromatic carbocycles. The molecule has 0 aliphatic carbocycles. The molecule has 0 saturated heterocycles. The zero-order chi connectivity index (χ0) is 17.2. The fourth-order valence-corrected chi connectivity index (χ4v) is 4.09. The average Bonchev–Trinajstić information content (AvgIpc) is 2.69. The highest BCUT2D eigenvalue weighted by Gasteiger charge is 2.28. The number of para-hydroxylation sites is 1. The van der Waals surface area contributed by atoms with E-state index in [1.54, 1.807) is 12.1 Å². The van der Waals surface area contributed by atoms with Crippen LogP contribution < -0.4 is 10.0 Å². The molecule has 1 atom stereocenters. The van der Waals surface area contributed by atoms with Gasteiger partial charge in [-0.1, -0.05) is 36.4 Å². The Bertz CT molecular complexity index is 868. The first-order valence-electron chi connectivity index (χ1n) is 7.57. The minimum atomic E-state index is -3.84. The van der Waals surface area contributed by atoms with Crippen LogP contribution >= 0.6 is 0 Å². The van der Waals surface area contributed by atoms with E-state index in [1.165, 1.54) is 18.2 Å². The molecule has 0 fully saturated rings. The van der Waals surface area contributed by atoms with Crippen molar-refractivity contribution in [2.45, 2.75) is 24.6 Å². The molecule has 1 aliphatic rings. The summed E-state index contributed by atoms with van der Waals surface area (Å²) in [7, 11) is -3.84. The number of sulfonamides is 1. The largest absolute Gasteiger partial charge is 0.324 e. The molecular formula is C17H17FN2O3S. The van der Waals surface area contributed by atoms with E-state index in [0.29, 0.717) is 18.5 Å². The Morgan fingerprint density at radius 1 is 1.12 bits per heavy atom. The quantitative estimate of drug-likeness (QED) is 0.889. The van der Waals surface area contributed by atoms with Crippen molar-refractivity contribution in [3.8, 4) is 0 Å². The number of amides is 1. The lowest BCUT2D eigenvalue weighted by Crippen LogP contribution is -2.43. The molecule has 1 unspecified atom stereocenters. The van der Waals surface area contributed by atoms with E-state index >= 15 is 0 Å². The third-order valence-corrected chi connectivity index (χ3v) is 5.25. The topological polar surface area (TPSA) is 75.3 Å². The van der Waals surface area contributed by atoms with E-state index in [1.807, 2.05) is 18.2 Å². The van der Waals surface area contributed by atoms with Gasteiger partial charge in [0.15, 0.2) is 0 Å². The molecule has 5 nitrogen and oxygen atoms in total. The highest BCUT2D eigenvalue weighted by atomic mass is 32.2. The fraction of sp³-hybridized carbons (Fsp3) is 0.235. The van der Waals surface area contributed by atoms with Crippen molar-refractivity contribution in [2.24, 2.45) is 0 Å². The van der Waals surface area contributed by atoms with E-state index in [0.717, 1.165) is 5.56 Å². The van der Waals surface area contributed by atoms with E-state index < -0.39 is 33.5 Å². The Morgan fingerprint density at radius 3 is 2.62 bits per heavy atom. The van der Waals surface area contributed by atoms with Gasteiger partial charge in [-0.15, -0.1) is 0 Å². The lowest BCUT2D eigenvalue weighted by atomic mass is 10.1. The van der Waals surface area contributed by atoms with Crippen LogP contribution in [0.25, 0.3) is 0 Å². The number of halogens is 1. The van der Waals surface area contributed by atoms with Crippen LogP contribution in [-0.4, -0.2) is 20.4 Å². The molecule has 0 radical (unpaired) electrons. The second-order valence-corrected chi connectivity index (χ2v) is 7.46. The van der Waals surface area contributed by atoms with Crippen molar-refractivity contribution in [3.05, 3.63) is 65.5 Å². The lowest BCUT2D eigenvalue weighted by Gasteiger charge is -2.15. The molecule has 1 amide bonds. The Balaban J connectivity index is 1.74. The van der Waals surface area contributed by atoms with Crippen molar-refractivity contribution in [2.75, 3.05) is 5.32 Å². The molecule has 126 valence electrons. The molecule has 7 heteroatoms. The van der Waals surface area contributed by atoms with Crippen LogP contribution in [0.4, 0.5) is 10.1 Å². The normalized spacial score (nSPS) is 17.7. The summed E-state index contributed by atoms with van der Waals surface area (Å²) >= 11 is 0. The number of nitrogens with one attached hydrogen (secondary N) is 2. The zero-order valence-electron chi connectivity index (χ0n) is 12.8. The van der Waals surface area contributed by atoms with E-state index in [-0.39, 0.29) is 5.56 Å². The zero-order valence-corrected chi connectivity index (χ0v) is 13.6. The van der Waals surface area contributed by atoms with Gasteiger partial charge < -0.3 is 5.32 Å². The number of rotatable bonds is 4. The van der Waals surface area contributed by atoms with Gasteiger partial charge in [0.25, 0.3) is 0 Å². The van der Waals surface area contributed by atoms with Crippen LogP contribution in [0.5, 0.6) is 0 Å².